The van der Waals surface area contributed by atoms with Crippen LogP contribution in [0.15, 0.2) is 24.3 Å². The van der Waals surface area contributed by atoms with Crippen LogP contribution >= 0.6 is 0 Å². The fourth-order valence-corrected chi connectivity index (χ4v) is 1.79. The predicted octanol–water partition coefficient (Wildman–Crippen LogP) is 2.33. The Morgan fingerprint density at radius 3 is 2.28 bits per heavy atom. The second-order valence-corrected chi connectivity index (χ2v) is 4.96. The van der Waals surface area contributed by atoms with Gasteiger partial charge in [-0.25, -0.2) is 0 Å². The van der Waals surface area contributed by atoms with Crippen LogP contribution in [0.4, 0.5) is 0 Å². The minimum Gasteiger partial charge on any atom is -0.468 e. The lowest BCUT2D eigenvalue weighted by atomic mass is 10.0. The van der Waals surface area contributed by atoms with Crippen LogP contribution in [-0.2, 0) is 22.4 Å². The summed E-state index contributed by atoms with van der Waals surface area (Å²) in [6.07, 6.45) is 1.97. The van der Waals surface area contributed by atoms with E-state index in [0.717, 1.165) is 19.4 Å². The quantitative estimate of drug-likeness (QED) is 0.786. The van der Waals surface area contributed by atoms with Gasteiger partial charge in [0, 0.05) is 6.54 Å². The molecule has 100 valence electrons. The largest absolute Gasteiger partial charge is 0.468 e. The van der Waals surface area contributed by atoms with Gasteiger partial charge in [-0.1, -0.05) is 31.2 Å². The van der Waals surface area contributed by atoms with Crippen molar-refractivity contribution in [3.8, 4) is 0 Å². The number of benzene rings is 1. The number of carbonyl (C=O) groups is 1. The van der Waals surface area contributed by atoms with Gasteiger partial charge in [0.2, 0.25) is 0 Å². The number of esters is 1. The summed E-state index contributed by atoms with van der Waals surface area (Å²) in [4.78, 5) is 11.5. The third kappa shape index (κ3) is 4.15. The number of rotatable bonds is 6. The molecule has 0 aliphatic carbocycles. The van der Waals surface area contributed by atoms with Crippen molar-refractivity contribution in [2.75, 3.05) is 13.7 Å². The van der Waals surface area contributed by atoms with Crippen molar-refractivity contribution in [2.45, 2.75) is 39.2 Å². The van der Waals surface area contributed by atoms with Crippen molar-refractivity contribution >= 4 is 5.97 Å². The van der Waals surface area contributed by atoms with E-state index >= 15 is 0 Å². The Bertz CT molecular complexity index is 382. The molecule has 0 aromatic heterocycles. The SMILES string of the molecule is CCc1ccc(CCNC(C)(C)C(=O)OC)cc1. The third-order valence-electron chi connectivity index (χ3n) is 3.11. The molecule has 0 radical (unpaired) electrons. The predicted molar refractivity (Wildman–Crippen MR) is 73.6 cm³/mol. The van der Waals surface area contributed by atoms with E-state index in [2.05, 4.69) is 36.5 Å². The van der Waals surface area contributed by atoms with E-state index in [-0.39, 0.29) is 5.97 Å². The molecular formula is C15H23NO2. The van der Waals surface area contributed by atoms with E-state index in [1.807, 2.05) is 13.8 Å². The summed E-state index contributed by atoms with van der Waals surface area (Å²) in [6, 6.07) is 8.60. The van der Waals surface area contributed by atoms with E-state index < -0.39 is 5.54 Å². The highest BCUT2D eigenvalue weighted by Gasteiger charge is 2.27. The third-order valence-corrected chi connectivity index (χ3v) is 3.11. The minimum atomic E-state index is -0.627. The Labute approximate surface area is 110 Å². The van der Waals surface area contributed by atoms with E-state index in [4.69, 9.17) is 4.74 Å². The maximum absolute atomic E-state index is 11.5. The Hall–Kier alpha value is -1.35. The molecule has 0 aliphatic heterocycles. The molecule has 1 aromatic carbocycles. The van der Waals surface area contributed by atoms with Gasteiger partial charge in [0.25, 0.3) is 0 Å². The first-order valence-electron chi connectivity index (χ1n) is 6.41. The lowest BCUT2D eigenvalue weighted by molar-refractivity contribution is -0.147. The molecule has 0 aliphatic rings. The maximum atomic E-state index is 11.5. The number of carbonyl (C=O) groups excluding carboxylic acids is 1. The lowest BCUT2D eigenvalue weighted by Gasteiger charge is -2.23. The van der Waals surface area contributed by atoms with Gasteiger partial charge in [-0.15, -0.1) is 0 Å². The van der Waals surface area contributed by atoms with Crippen LogP contribution in [0.5, 0.6) is 0 Å². The van der Waals surface area contributed by atoms with Crippen LogP contribution in [0, 0.1) is 0 Å². The number of nitrogens with one attached hydrogen (secondary N) is 1. The molecule has 0 bridgehead atoms. The summed E-state index contributed by atoms with van der Waals surface area (Å²) in [5, 5.41) is 3.21. The Morgan fingerprint density at radius 2 is 1.78 bits per heavy atom. The van der Waals surface area contributed by atoms with Crippen LogP contribution in [0.25, 0.3) is 0 Å². The summed E-state index contributed by atoms with van der Waals surface area (Å²) < 4.78 is 4.75. The van der Waals surface area contributed by atoms with Crippen molar-refractivity contribution in [1.29, 1.82) is 0 Å². The zero-order valence-electron chi connectivity index (χ0n) is 11.7. The fourth-order valence-electron chi connectivity index (χ4n) is 1.79. The highest BCUT2D eigenvalue weighted by Crippen LogP contribution is 2.07. The molecule has 0 amide bonds. The van der Waals surface area contributed by atoms with E-state index in [9.17, 15) is 4.79 Å². The molecule has 1 rings (SSSR count). The topological polar surface area (TPSA) is 38.3 Å². The van der Waals surface area contributed by atoms with E-state index in [1.54, 1.807) is 0 Å². The zero-order chi connectivity index (χ0) is 13.6. The highest BCUT2D eigenvalue weighted by atomic mass is 16.5. The highest BCUT2D eigenvalue weighted by molar-refractivity contribution is 5.79. The van der Waals surface area contributed by atoms with Crippen molar-refractivity contribution in [2.24, 2.45) is 0 Å². The summed E-state index contributed by atoms with van der Waals surface area (Å²) in [5.41, 5.74) is 2.00. The average Bonchev–Trinajstić information content (AvgIpc) is 2.38. The molecule has 0 saturated heterocycles. The summed E-state index contributed by atoms with van der Waals surface area (Å²) in [7, 11) is 1.41. The Kier molecular flexibility index (Phi) is 5.35. The Balaban J connectivity index is 2.43. The van der Waals surface area contributed by atoms with Gasteiger partial charge in [0.05, 0.1) is 7.11 Å². The number of aryl methyl sites for hydroxylation is 1. The van der Waals surface area contributed by atoms with Crippen molar-refractivity contribution in [1.82, 2.24) is 5.32 Å². The minimum absolute atomic E-state index is 0.233. The van der Waals surface area contributed by atoms with Gasteiger partial charge in [0.15, 0.2) is 0 Å². The van der Waals surface area contributed by atoms with Crippen LogP contribution in [0.2, 0.25) is 0 Å². The molecule has 0 spiro atoms. The maximum Gasteiger partial charge on any atom is 0.325 e. The summed E-state index contributed by atoms with van der Waals surface area (Å²) in [5.74, 6) is -0.233. The van der Waals surface area contributed by atoms with Gasteiger partial charge in [-0.3, -0.25) is 4.79 Å². The van der Waals surface area contributed by atoms with Crippen LogP contribution in [0.3, 0.4) is 0 Å². The van der Waals surface area contributed by atoms with E-state index in [0.29, 0.717) is 0 Å². The summed E-state index contributed by atoms with van der Waals surface area (Å²) in [6.45, 7) is 6.57. The van der Waals surface area contributed by atoms with Gasteiger partial charge in [-0.05, 0) is 37.8 Å². The molecule has 0 unspecified atom stereocenters. The van der Waals surface area contributed by atoms with Crippen molar-refractivity contribution in [3.63, 3.8) is 0 Å². The molecule has 1 N–H and O–H groups in total. The first-order chi connectivity index (χ1) is 8.49. The molecule has 0 heterocycles. The van der Waals surface area contributed by atoms with Gasteiger partial charge in [-0.2, -0.15) is 0 Å². The zero-order valence-corrected chi connectivity index (χ0v) is 11.7. The van der Waals surface area contributed by atoms with Gasteiger partial charge < -0.3 is 10.1 Å². The molecular weight excluding hydrogens is 226 g/mol. The molecule has 18 heavy (non-hydrogen) atoms. The second kappa shape index (κ2) is 6.55. The number of hydrogen-bond acceptors (Lipinski definition) is 3. The van der Waals surface area contributed by atoms with Crippen molar-refractivity contribution in [3.05, 3.63) is 35.4 Å². The average molecular weight is 249 g/mol. The first-order valence-corrected chi connectivity index (χ1v) is 6.41. The lowest BCUT2D eigenvalue weighted by Crippen LogP contribution is -2.48. The molecule has 3 nitrogen and oxygen atoms in total. The van der Waals surface area contributed by atoms with Gasteiger partial charge >= 0.3 is 5.97 Å². The first kappa shape index (κ1) is 14.7. The Morgan fingerprint density at radius 1 is 1.22 bits per heavy atom. The van der Waals surface area contributed by atoms with Crippen LogP contribution < -0.4 is 5.32 Å². The molecule has 0 fully saturated rings. The molecule has 0 atom stereocenters. The number of ether oxygens (including phenoxy) is 1. The monoisotopic (exact) mass is 249 g/mol. The van der Waals surface area contributed by atoms with Gasteiger partial charge in [0.1, 0.15) is 5.54 Å². The molecule has 3 heteroatoms. The number of methoxy groups -OCH3 is 1. The number of hydrogen-bond donors (Lipinski definition) is 1. The second-order valence-electron chi connectivity index (χ2n) is 4.96. The molecule has 0 saturated carbocycles. The van der Waals surface area contributed by atoms with Crippen LogP contribution in [0.1, 0.15) is 31.9 Å². The van der Waals surface area contributed by atoms with Crippen molar-refractivity contribution < 1.29 is 9.53 Å². The molecule has 1 aromatic rings. The summed E-state index contributed by atoms with van der Waals surface area (Å²) >= 11 is 0. The van der Waals surface area contributed by atoms with Crippen LogP contribution in [-0.4, -0.2) is 25.2 Å². The fraction of sp³-hybridized carbons (Fsp3) is 0.533. The van der Waals surface area contributed by atoms with E-state index in [1.165, 1.54) is 18.2 Å². The smallest absolute Gasteiger partial charge is 0.325 e. The standard InChI is InChI=1S/C15H23NO2/c1-5-12-6-8-13(9-7-12)10-11-16-15(2,3)14(17)18-4/h6-9,16H,5,10-11H2,1-4H3. The normalized spacial score (nSPS) is 11.3.